The van der Waals surface area contributed by atoms with Crippen LogP contribution in [0.2, 0.25) is 0 Å². The number of rotatable bonds is 7. The summed E-state index contributed by atoms with van der Waals surface area (Å²) in [5.74, 6) is 4.28. The Morgan fingerprint density at radius 3 is 2.40 bits per heavy atom. The molecule has 7 aliphatic rings. The molecule has 1 amide bonds. The highest BCUT2D eigenvalue weighted by atomic mass is 16.5. The first-order valence-corrected chi connectivity index (χ1v) is 20.0. The number of nitrogens with zero attached hydrogens (tertiary/aromatic N) is 1. The smallest absolute Gasteiger partial charge is 0.248 e. The van der Waals surface area contributed by atoms with Gasteiger partial charge in [0.2, 0.25) is 5.91 Å². The fourth-order valence-corrected chi connectivity index (χ4v) is 14.8. The van der Waals surface area contributed by atoms with Crippen LogP contribution in [0, 0.1) is 57.2 Å². The lowest BCUT2D eigenvalue weighted by Crippen LogP contribution is -2.68. The molecule has 2 aliphatic heterocycles. The second-order valence-corrected chi connectivity index (χ2v) is 19.5. The number of nitrogens with one attached hydrogen (secondary N) is 1. The molecule has 48 heavy (non-hydrogen) atoms. The molecule has 0 radical (unpaired) electrons. The predicted octanol–water partition coefficient (Wildman–Crippen LogP) is 8.33. The molecule has 11 atom stereocenters. The fourth-order valence-electron chi connectivity index (χ4n) is 14.8. The van der Waals surface area contributed by atoms with E-state index < -0.39 is 0 Å². The molecule has 0 spiro atoms. The Morgan fingerprint density at radius 2 is 1.73 bits per heavy atom. The Kier molecular flexibility index (Phi) is 7.95. The van der Waals surface area contributed by atoms with E-state index in [9.17, 15) is 4.79 Å². The van der Waals surface area contributed by atoms with Crippen LogP contribution < -0.4 is 11.1 Å². The lowest BCUT2D eigenvalue weighted by Gasteiger charge is -2.72. The zero-order valence-electron chi connectivity index (χ0n) is 31.2. The van der Waals surface area contributed by atoms with Crippen molar-refractivity contribution in [3.05, 3.63) is 41.5 Å². The molecule has 264 valence electrons. The number of allylic oxidation sites excluding steroid dienone is 2. The van der Waals surface area contributed by atoms with E-state index in [1.807, 2.05) is 12.1 Å². The van der Waals surface area contributed by atoms with Gasteiger partial charge in [-0.1, -0.05) is 66.7 Å². The Balaban J connectivity index is 1.06. The minimum absolute atomic E-state index is 0.0844. The van der Waals surface area contributed by atoms with Crippen LogP contribution in [0.1, 0.15) is 129 Å². The van der Waals surface area contributed by atoms with Crippen LogP contribution in [0.25, 0.3) is 5.57 Å². The van der Waals surface area contributed by atoms with Crippen LogP contribution >= 0.6 is 0 Å². The molecule has 6 fully saturated rings. The lowest BCUT2D eigenvalue weighted by molar-refractivity contribution is -0.221. The van der Waals surface area contributed by atoms with Crippen molar-refractivity contribution in [2.45, 2.75) is 130 Å². The number of benzene rings is 1. The Morgan fingerprint density at radius 1 is 0.958 bits per heavy atom. The molecule has 5 nitrogen and oxygen atoms in total. The number of nitrogens with two attached hydrogens (primary N) is 1. The molecule has 4 saturated carbocycles. The normalized spacial score (nSPS) is 46.1. The second-order valence-electron chi connectivity index (χ2n) is 19.5. The maximum absolute atomic E-state index is 11.8. The third-order valence-electron chi connectivity index (χ3n) is 17.3. The Bertz CT molecular complexity index is 1450. The van der Waals surface area contributed by atoms with Gasteiger partial charge in [-0.25, -0.2) is 0 Å². The molecular weight excluding hydrogens is 590 g/mol. The van der Waals surface area contributed by atoms with Gasteiger partial charge in [0, 0.05) is 36.8 Å². The van der Waals surface area contributed by atoms with Crippen molar-refractivity contribution in [1.82, 2.24) is 10.2 Å². The van der Waals surface area contributed by atoms with Crippen molar-refractivity contribution in [1.29, 1.82) is 0 Å². The molecule has 11 unspecified atom stereocenters. The number of morpholine rings is 1. The quantitative estimate of drug-likeness (QED) is 0.310. The maximum Gasteiger partial charge on any atom is 0.248 e. The van der Waals surface area contributed by atoms with Gasteiger partial charge in [0.05, 0.1) is 12.7 Å². The van der Waals surface area contributed by atoms with E-state index >= 15 is 0 Å². The summed E-state index contributed by atoms with van der Waals surface area (Å²) in [5.41, 5.74) is 10.4. The molecule has 5 heteroatoms. The third-order valence-corrected chi connectivity index (χ3v) is 17.3. The SMILES string of the molecule is CC(C)C1CCC2(NCCN3CC4CC3CO4)CCC3(C)C(CCC4C5(C)CC=C(c6ccc(C(N)=O)cc6)C(C)(C)C5CCC43C)C12. The van der Waals surface area contributed by atoms with E-state index in [0.29, 0.717) is 45.4 Å². The molecule has 8 rings (SSSR count). The van der Waals surface area contributed by atoms with Crippen LogP contribution in [-0.2, 0) is 4.74 Å². The summed E-state index contributed by atoms with van der Waals surface area (Å²) in [4.78, 5) is 14.5. The van der Waals surface area contributed by atoms with Crippen LogP contribution in [0.15, 0.2) is 30.3 Å². The van der Waals surface area contributed by atoms with E-state index in [2.05, 4.69) is 76.9 Å². The van der Waals surface area contributed by atoms with Crippen molar-refractivity contribution in [2.24, 2.45) is 62.9 Å². The first-order valence-electron chi connectivity index (χ1n) is 20.0. The molecule has 0 aromatic heterocycles. The molecule has 2 saturated heterocycles. The van der Waals surface area contributed by atoms with E-state index in [-0.39, 0.29) is 11.3 Å². The second kappa shape index (κ2) is 11.4. The summed E-state index contributed by atoms with van der Waals surface area (Å²) in [6.07, 6.45) is 16.5. The minimum atomic E-state index is -0.348. The number of carbonyl (C=O) groups excluding carboxylic acids is 1. The number of hydrogen-bond donors (Lipinski definition) is 2. The number of amides is 1. The van der Waals surface area contributed by atoms with Gasteiger partial charge < -0.3 is 15.8 Å². The van der Waals surface area contributed by atoms with Gasteiger partial charge in [-0.05, 0) is 145 Å². The van der Waals surface area contributed by atoms with Crippen LogP contribution in [0.5, 0.6) is 0 Å². The van der Waals surface area contributed by atoms with E-state index in [1.165, 1.54) is 81.9 Å². The van der Waals surface area contributed by atoms with Gasteiger partial charge >= 0.3 is 0 Å². The summed E-state index contributed by atoms with van der Waals surface area (Å²) in [6.45, 7) is 22.8. The van der Waals surface area contributed by atoms with Crippen LogP contribution in [0.4, 0.5) is 0 Å². The van der Waals surface area contributed by atoms with Crippen molar-refractivity contribution < 1.29 is 9.53 Å². The summed E-state index contributed by atoms with van der Waals surface area (Å²) in [5, 5.41) is 4.38. The molecule has 5 aliphatic carbocycles. The highest BCUT2D eigenvalue weighted by Gasteiger charge is 2.70. The Hall–Kier alpha value is -1.69. The number of hydrogen-bond acceptors (Lipinski definition) is 4. The van der Waals surface area contributed by atoms with Crippen molar-refractivity contribution >= 4 is 11.5 Å². The van der Waals surface area contributed by atoms with Crippen LogP contribution in [-0.4, -0.2) is 54.7 Å². The first kappa shape index (κ1) is 33.5. The van der Waals surface area contributed by atoms with E-state index in [0.717, 1.165) is 49.3 Å². The zero-order valence-corrected chi connectivity index (χ0v) is 31.2. The molecule has 2 heterocycles. The largest absolute Gasteiger partial charge is 0.375 e. The number of ether oxygens (including phenoxy) is 1. The first-order chi connectivity index (χ1) is 22.7. The molecule has 1 aromatic rings. The molecular formula is C43H65N3O2. The van der Waals surface area contributed by atoms with Gasteiger partial charge in [0.15, 0.2) is 0 Å². The summed E-state index contributed by atoms with van der Waals surface area (Å²) in [7, 11) is 0. The minimum Gasteiger partial charge on any atom is -0.375 e. The fraction of sp³-hybridized carbons (Fsp3) is 0.791. The Labute approximate surface area is 291 Å². The highest BCUT2D eigenvalue weighted by Crippen LogP contribution is 2.76. The standard InChI is InChI=1S/C43H65N3O2/c1-27(2)32-14-19-43(45-22-23-46-25-31-24-30(46)26-48-31)21-20-41(6)34(37(32)43)12-13-36-40(5)17-15-33(28-8-10-29(11-9-28)38(44)47)39(3,4)35(40)16-18-42(36,41)7/h8-11,15,27,30-32,34-37,45H,12-14,16-26H2,1-7H3,(H2,44,47). The van der Waals surface area contributed by atoms with Gasteiger partial charge in [0.1, 0.15) is 0 Å². The van der Waals surface area contributed by atoms with E-state index in [4.69, 9.17) is 10.5 Å². The summed E-state index contributed by atoms with van der Waals surface area (Å²) < 4.78 is 5.92. The highest BCUT2D eigenvalue weighted by molar-refractivity contribution is 5.93. The number of fused-ring (bicyclic) bond motifs is 9. The topological polar surface area (TPSA) is 67.6 Å². The lowest BCUT2D eigenvalue weighted by atomic mass is 9.33. The average Bonchev–Trinajstić information content (AvgIpc) is 3.76. The molecule has 1 aromatic carbocycles. The molecule has 2 bridgehead atoms. The average molecular weight is 656 g/mol. The van der Waals surface area contributed by atoms with Gasteiger partial charge in [-0.3, -0.25) is 9.69 Å². The van der Waals surface area contributed by atoms with Gasteiger partial charge in [-0.15, -0.1) is 0 Å². The monoisotopic (exact) mass is 656 g/mol. The van der Waals surface area contributed by atoms with E-state index in [1.54, 1.807) is 0 Å². The third kappa shape index (κ3) is 4.68. The maximum atomic E-state index is 11.8. The predicted molar refractivity (Wildman–Crippen MR) is 195 cm³/mol. The van der Waals surface area contributed by atoms with Crippen LogP contribution in [0.3, 0.4) is 0 Å². The van der Waals surface area contributed by atoms with Crippen molar-refractivity contribution in [2.75, 3.05) is 26.2 Å². The van der Waals surface area contributed by atoms with Crippen molar-refractivity contribution in [3.8, 4) is 0 Å². The van der Waals surface area contributed by atoms with Gasteiger partial charge in [0.25, 0.3) is 0 Å². The number of likely N-dealkylation sites (tertiary alicyclic amines) is 1. The summed E-state index contributed by atoms with van der Waals surface area (Å²) in [6, 6.07) is 8.76. The number of primary amides is 1. The zero-order chi connectivity index (χ0) is 33.9. The molecule has 3 N–H and O–H groups in total. The number of carbonyl (C=O) groups is 1. The summed E-state index contributed by atoms with van der Waals surface area (Å²) >= 11 is 0. The van der Waals surface area contributed by atoms with Gasteiger partial charge in [-0.2, -0.15) is 0 Å². The van der Waals surface area contributed by atoms with Crippen molar-refractivity contribution in [3.63, 3.8) is 0 Å².